The van der Waals surface area contributed by atoms with Crippen LogP contribution in [0.5, 0.6) is 5.75 Å². The highest BCUT2D eigenvalue weighted by Gasteiger charge is 2.46. The van der Waals surface area contributed by atoms with Gasteiger partial charge in [-0.05, 0) is 97.7 Å². The number of unbranched alkanes of at least 4 members (excludes halogenated alkanes) is 1. The van der Waals surface area contributed by atoms with Gasteiger partial charge < -0.3 is 45.8 Å². The molecular formula is C39H51ClN4O8S. The third-order valence-electron chi connectivity index (χ3n) is 9.61. The first-order valence-electron chi connectivity index (χ1n) is 18.3. The number of aliphatic hydroxyl groups excluding tert-OH is 5. The summed E-state index contributed by atoms with van der Waals surface area (Å²) in [6.07, 6.45) is 2.25. The first kappa shape index (κ1) is 40.9. The van der Waals surface area contributed by atoms with E-state index in [4.69, 9.17) is 21.4 Å². The van der Waals surface area contributed by atoms with E-state index in [-0.39, 0.29) is 30.6 Å². The summed E-state index contributed by atoms with van der Waals surface area (Å²) in [5, 5.41) is 56.9. The van der Waals surface area contributed by atoms with E-state index in [2.05, 4.69) is 33.8 Å². The zero-order valence-corrected chi connectivity index (χ0v) is 31.6. The molecule has 1 heterocycles. The molecule has 0 saturated heterocycles. The van der Waals surface area contributed by atoms with Crippen molar-refractivity contribution >= 4 is 35.2 Å². The number of amides is 2. The molecule has 1 aromatic heterocycles. The predicted molar refractivity (Wildman–Crippen MR) is 203 cm³/mol. The highest BCUT2D eigenvalue weighted by atomic mass is 35.5. The number of rotatable bonds is 22. The van der Waals surface area contributed by atoms with Gasteiger partial charge in [0.2, 0.25) is 5.91 Å². The summed E-state index contributed by atoms with van der Waals surface area (Å²) in [7, 11) is 0. The van der Waals surface area contributed by atoms with Gasteiger partial charge in [-0.1, -0.05) is 29.8 Å². The maximum atomic E-state index is 13.2. The molecule has 12 nitrogen and oxygen atoms in total. The van der Waals surface area contributed by atoms with E-state index in [1.165, 1.54) is 11.8 Å². The molecule has 3 aromatic rings. The fourth-order valence-electron chi connectivity index (χ4n) is 6.20. The minimum Gasteiger partial charge on any atom is -0.490 e. The molecule has 2 aliphatic rings. The lowest BCUT2D eigenvalue weighted by Gasteiger charge is -2.30. The highest BCUT2D eigenvalue weighted by molar-refractivity contribution is 7.99. The molecule has 0 bridgehead atoms. The van der Waals surface area contributed by atoms with Gasteiger partial charge in [0.1, 0.15) is 24.1 Å². The Morgan fingerprint density at radius 1 is 1.02 bits per heavy atom. The van der Waals surface area contributed by atoms with Crippen molar-refractivity contribution in [2.24, 2.45) is 0 Å². The summed E-state index contributed by atoms with van der Waals surface area (Å²) in [5.41, 5.74) is 4.04. The number of ether oxygens (including phenoxy) is 1. The van der Waals surface area contributed by atoms with Crippen LogP contribution in [0.2, 0.25) is 5.02 Å². The number of aromatic nitrogens is 1. The normalized spacial score (nSPS) is 17.0. The zero-order valence-electron chi connectivity index (χ0n) is 30.0. The molecule has 0 radical (unpaired) electrons. The fourth-order valence-corrected chi connectivity index (χ4v) is 7.28. The molecule has 7 N–H and O–H groups in total. The predicted octanol–water partition coefficient (Wildman–Crippen LogP) is 3.39. The van der Waals surface area contributed by atoms with Crippen molar-refractivity contribution in [2.75, 3.05) is 32.0 Å². The van der Waals surface area contributed by atoms with E-state index < -0.39 is 36.9 Å². The van der Waals surface area contributed by atoms with Gasteiger partial charge in [0.25, 0.3) is 5.91 Å². The van der Waals surface area contributed by atoms with Crippen LogP contribution in [0, 0.1) is 0 Å². The van der Waals surface area contributed by atoms with Crippen LogP contribution < -0.4 is 15.4 Å². The van der Waals surface area contributed by atoms with Crippen LogP contribution in [-0.4, -0.2) is 110 Å². The van der Waals surface area contributed by atoms with Gasteiger partial charge in [-0.3, -0.25) is 14.6 Å². The minimum absolute atomic E-state index is 0.156. The molecule has 0 aliphatic heterocycles. The molecule has 14 heteroatoms. The van der Waals surface area contributed by atoms with Crippen LogP contribution in [0.3, 0.4) is 0 Å². The molecule has 53 heavy (non-hydrogen) atoms. The molecule has 5 rings (SSSR count). The Morgan fingerprint density at radius 3 is 2.49 bits per heavy atom. The number of hydrogen-bond donors (Lipinski definition) is 7. The van der Waals surface area contributed by atoms with Crippen molar-refractivity contribution in [2.45, 2.75) is 99.4 Å². The summed E-state index contributed by atoms with van der Waals surface area (Å²) < 4.78 is 6.26. The average Bonchev–Trinajstić information content (AvgIpc) is 4.12. The highest BCUT2D eigenvalue weighted by Crippen LogP contribution is 2.50. The van der Waals surface area contributed by atoms with E-state index in [1.54, 1.807) is 11.8 Å². The molecule has 0 spiro atoms. The average molecular weight is 771 g/mol. The molecule has 2 aliphatic carbocycles. The van der Waals surface area contributed by atoms with Crippen molar-refractivity contribution in [3.05, 3.63) is 77.1 Å². The lowest BCUT2D eigenvalue weighted by Crippen LogP contribution is -2.53. The number of para-hydroxylation sites is 1. The molecule has 2 saturated carbocycles. The minimum atomic E-state index is -2.00. The van der Waals surface area contributed by atoms with Crippen molar-refractivity contribution in [1.82, 2.24) is 20.5 Å². The molecule has 2 fully saturated rings. The Kier molecular flexibility index (Phi) is 14.9. The molecule has 0 unspecified atom stereocenters. The number of pyridine rings is 1. The largest absolute Gasteiger partial charge is 0.490 e. The van der Waals surface area contributed by atoms with Gasteiger partial charge in [-0.25, -0.2) is 0 Å². The maximum Gasteiger partial charge on any atom is 0.254 e. The standard InChI is InChI=1S/C39H51ClN4O8S/c1-25(46)42-16-4-5-18-44(38(51)37(50)36(49)35(48)33(47)24-45)19-6-20-53-28-11-12-32(40)26(21-28)22-43-39(14-15-39)31-23-41-17-13-29(31)30-7-2-3-8-34(30)52-27-9-10-27/h2-3,7-8,11-13,17,21,23,27,33,35-37,43,45,47-50H,4-6,9-10,14-16,18-20,22,24H2,1H3,(H,42,46)/t33-,35+,36-,37-/m0/s1. The van der Waals surface area contributed by atoms with Crippen LogP contribution in [0.15, 0.2) is 65.8 Å². The van der Waals surface area contributed by atoms with Crippen LogP contribution in [0.25, 0.3) is 11.1 Å². The lowest BCUT2D eigenvalue weighted by molar-refractivity contribution is -0.158. The Labute approximate surface area is 319 Å². The van der Waals surface area contributed by atoms with Crippen LogP contribution >= 0.6 is 23.4 Å². The van der Waals surface area contributed by atoms with Crippen molar-refractivity contribution in [3.8, 4) is 16.9 Å². The first-order valence-corrected chi connectivity index (χ1v) is 19.6. The second-order valence-corrected chi connectivity index (χ2v) is 15.4. The Morgan fingerprint density at radius 2 is 1.77 bits per heavy atom. The molecule has 288 valence electrons. The monoisotopic (exact) mass is 770 g/mol. The Bertz CT molecular complexity index is 1680. The number of nitrogens with zero attached hydrogens (tertiary/aromatic N) is 2. The number of nitrogens with one attached hydrogen (secondary N) is 2. The quantitative estimate of drug-likeness (QED) is 0.0587. The Balaban J connectivity index is 1.18. The van der Waals surface area contributed by atoms with Crippen molar-refractivity contribution in [3.63, 3.8) is 0 Å². The van der Waals surface area contributed by atoms with E-state index in [0.717, 1.165) is 58.6 Å². The van der Waals surface area contributed by atoms with Crippen LogP contribution in [0.1, 0.15) is 63.0 Å². The number of benzene rings is 2. The lowest BCUT2D eigenvalue weighted by atomic mass is 9.94. The SMILES string of the molecule is CC(=O)NCCCCN(CCCSc1ccc(Cl)c(CNC2(c3cnccc3-c3ccccc3OC3CC3)CC2)c1)C(=O)[C@@H](O)[C@@H](O)[C@H](O)[C@@H](O)CO. The van der Waals surface area contributed by atoms with Gasteiger partial charge in [-0.2, -0.15) is 0 Å². The Hall–Kier alpha value is -3.27. The maximum absolute atomic E-state index is 13.2. The second-order valence-electron chi connectivity index (χ2n) is 13.8. The van der Waals surface area contributed by atoms with E-state index in [9.17, 15) is 30.0 Å². The fraction of sp³-hybridized carbons (Fsp3) is 0.513. The van der Waals surface area contributed by atoms with Gasteiger partial charge in [0.05, 0.1) is 12.7 Å². The summed E-state index contributed by atoms with van der Waals surface area (Å²) >= 11 is 8.30. The molecule has 2 amide bonds. The van der Waals surface area contributed by atoms with Gasteiger partial charge in [0.15, 0.2) is 6.10 Å². The number of carbonyl (C=O) groups is 2. The molecule has 2 aromatic carbocycles. The van der Waals surface area contributed by atoms with Gasteiger partial charge in [0, 0.05) is 66.5 Å². The topological polar surface area (TPSA) is 185 Å². The van der Waals surface area contributed by atoms with Crippen LogP contribution in [0.4, 0.5) is 0 Å². The van der Waals surface area contributed by atoms with E-state index in [0.29, 0.717) is 43.1 Å². The van der Waals surface area contributed by atoms with Gasteiger partial charge in [-0.15, -0.1) is 11.8 Å². The number of halogens is 1. The summed E-state index contributed by atoms with van der Waals surface area (Å²) in [6.45, 7) is 2.08. The third kappa shape index (κ3) is 11.4. The van der Waals surface area contributed by atoms with Gasteiger partial charge >= 0.3 is 0 Å². The first-order chi connectivity index (χ1) is 25.5. The third-order valence-corrected chi connectivity index (χ3v) is 11.1. The zero-order chi connectivity index (χ0) is 38.0. The molecular weight excluding hydrogens is 720 g/mol. The smallest absolute Gasteiger partial charge is 0.254 e. The number of aliphatic hydroxyl groups is 5. The van der Waals surface area contributed by atoms with Crippen LogP contribution in [-0.2, 0) is 21.7 Å². The van der Waals surface area contributed by atoms with E-state index >= 15 is 0 Å². The molecule has 4 atom stereocenters. The summed E-state index contributed by atoms with van der Waals surface area (Å²) in [6, 6.07) is 16.1. The number of hydrogen-bond acceptors (Lipinski definition) is 11. The second kappa shape index (κ2) is 19.4. The number of thioether (sulfide) groups is 1. The summed E-state index contributed by atoms with van der Waals surface area (Å²) in [5.74, 6) is 0.582. The van der Waals surface area contributed by atoms with Crippen molar-refractivity contribution in [1.29, 1.82) is 0 Å². The van der Waals surface area contributed by atoms with E-state index in [1.807, 2.05) is 42.7 Å². The summed E-state index contributed by atoms with van der Waals surface area (Å²) in [4.78, 5) is 31.3. The van der Waals surface area contributed by atoms with Crippen molar-refractivity contribution < 1.29 is 39.9 Å². The number of carbonyl (C=O) groups excluding carboxylic acids is 2.